The Hall–Kier alpha value is -0.410. The minimum atomic E-state index is -0.339. The zero-order valence-electron chi connectivity index (χ0n) is 12.7. The van der Waals surface area contributed by atoms with Crippen LogP contribution in [0.25, 0.3) is 0 Å². The summed E-state index contributed by atoms with van der Waals surface area (Å²) in [7, 11) is 0. The van der Waals surface area contributed by atoms with Crippen LogP contribution in [0, 0.1) is 5.41 Å². The lowest BCUT2D eigenvalue weighted by Gasteiger charge is -2.29. The van der Waals surface area contributed by atoms with Crippen molar-refractivity contribution in [3.8, 4) is 0 Å². The number of carbonyl (C=O) groups is 1. The van der Waals surface area contributed by atoms with Crippen LogP contribution in [0.3, 0.4) is 0 Å². The van der Waals surface area contributed by atoms with E-state index in [1.165, 1.54) is 0 Å². The lowest BCUT2D eigenvalue weighted by Crippen LogP contribution is -2.49. The van der Waals surface area contributed by atoms with Gasteiger partial charge in [0.15, 0.2) is 5.78 Å². The summed E-state index contributed by atoms with van der Waals surface area (Å²) in [4.78, 5) is 12.3. The van der Waals surface area contributed by atoms with Gasteiger partial charge in [-0.15, -0.1) is 0 Å². The van der Waals surface area contributed by atoms with E-state index in [0.717, 1.165) is 0 Å². The highest BCUT2D eigenvalue weighted by Crippen LogP contribution is 2.18. The third-order valence-corrected chi connectivity index (χ3v) is 2.27. The molecule has 0 aliphatic carbocycles. The van der Waals surface area contributed by atoms with Crippen molar-refractivity contribution in [2.45, 2.75) is 73.1 Å². The number of ether oxygens (including phenoxy) is 1. The van der Waals surface area contributed by atoms with Crippen molar-refractivity contribution in [3.63, 3.8) is 0 Å². The molecule has 0 aromatic heterocycles. The summed E-state index contributed by atoms with van der Waals surface area (Å²) in [5.74, 6) is 0.204. The van der Waals surface area contributed by atoms with Gasteiger partial charge in [-0.05, 0) is 20.8 Å². The molecule has 102 valence electrons. The summed E-state index contributed by atoms with van der Waals surface area (Å²) in [6.07, 6.45) is 0. The molecule has 0 saturated heterocycles. The lowest BCUT2D eigenvalue weighted by molar-refractivity contribution is -0.131. The summed E-state index contributed by atoms with van der Waals surface area (Å²) in [6.45, 7) is 16.4. The van der Waals surface area contributed by atoms with Crippen LogP contribution in [0.2, 0.25) is 0 Å². The van der Waals surface area contributed by atoms with Crippen LogP contribution in [0.4, 0.5) is 0 Å². The van der Waals surface area contributed by atoms with Crippen molar-refractivity contribution in [3.05, 3.63) is 0 Å². The Labute approximate surface area is 106 Å². The zero-order chi connectivity index (χ0) is 13.9. The van der Waals surface area contributed by atoms with Gasteiger partial charge >= 0.3 is 0 Å². The fourth-order valence-electron chi connectivity index (χ4n) is 1.46. The predicted octanol–water partition coefficient (Wildman–Crippen LogP) is 2.78. The molecule has 0 aliphatic rings. The first-order chi connectivity index (χ1) is 7.43. The normalized spacial score (nSPS) is 15.1. The van der Waals surface area contributed by atoms with Crippen LogP contribution in [-0.4, -0.2) is 30.1 Å². The van der Waals surface area contributed by atoms with Gasteiger partial charge in [-0.3, -0.25) is 4.79 Å². The van der Waals surface area contributed by atoms with E-state index in [2.05, 4.69) is 5.32 Å². The molecule has 0 unspecified atom stereocenters. The number of hydrogen-bond acceptors (Lipinski definition) is 3. The number of carbonyl (C=O) groups excluding carboxylic acids is 1. The van der Waals surface area contributed by atoms with Gasteiger partial charge in [-0.2, -0.15) is 0 Å². The van der Waals surface area contributed by atoms with Gasteiger partial charge in [-0.25, -0.2) is 0 Å². The molecule has 0 heterocycles. The molecule has 1 N–H and O–H groups in total. The fourth-order valence-corrected chi connectivity index (χ4v) is 1.46. The second kappa shape index (κ2) is 5.96. The van der Waals surface area contributed by atoms with E-state index < -0.39 is 0 Å². The van der Waals surface area contributed by atoms with Crippen LogP contribution < -0.4 is 5.32 Å². The third kappa shape index (κ3) is 7.50. The topological polar surface area (TPSA) is 38.3 Å². The Morgan fingerprint density at radius 2 is 1.59 bits per heavy atom. The molecule has 17 heavy (non-hydrogen) atoms. The van der Waals surface area contributed by atoms with Crippen LogP contribution in [0.5, 0.6) is 0 Å². The summed E-state index contributed by atoms with van der Waals surface area (Å²) in [5, 5.41) is 3.28. The zero-order valence-corrected chi connectivity index (χ0v) is 12.7. The third-order valence-electron chi connectivity index (χ3n) is 2.27. The van der Waals surface area contributed by atoms with Crippen molar-refractivity contribution in [1.29, 1.82) is 0 Å². The molecule has 1 atom stereocenters. The monoisotopic (exact) mass is 243 g/mol. The first kappa shape index (κ1) is 16.6. The molecule has 0 aromatic carbocycles. The molecule has 0 spiro atoms. The summed E-state index contributed by atoms with van der Waals surface area (Å²) in [5.41, 5.74) is -0.553. The molecule has 3 nitrogen and oxygen atoms in total. The smallest absolute Gasteiger partial charge is 0.157 e. The molecular weight excluding hydrogens is 214 g/mol. The minimum Gasteiger partial charge on any atom is -0.374 e. The predicted molar refractivity (Wildman–Crippen MR) is 72.2 cm³/mol. The largest absolute Gasteiger partial charge is 0.374 e. The average molecular weight is 243 g/mol. The first-order valence-corrected chi connectivity index (χ1v) is 6.38. The number of ketones is 1. The van der Waals surface area contributed by atoms with E-state index in [4.69, 9.17) is 4.74 Å². The van der Waals surface area contributed by atoms with Gasteiger partial charge in [-0.1, -0.05) is 34.6 Å². The van der Waals surface area contributed by atoms with E-state index in [1.807, 2.05) is 55.4 Å². The Morgan fingerprint density at radius 1 is 1.12 bits per heavy atom. The Balaban J connectivity index is 4.60. The molecule has 3 heteroatoms. The average Bonchev–Trinajstić information content (AvgIpc) is 2.07. The van der Waals surface area contributed by atoms with Gasteiger partial charge in [0.1, 0.15) is 0 Å². The Bertz CT molecular complexity index is 246. The van der Waals surface area contributed by atoms with Crippen molar-refractivity contribution in [1.82, 2.24) is 5.32 Å². The fraction of sp³-hybridized carbons (Fsp3) is 0.929. The molecule has 0 amide bonds. The van der Waals surface area contributed by atoms with E-state index in [9.17, 15) is 4.79 Å². The molecule has 0 aromatic rings. The second-order valence-corrected chi connectivity index (χ2v) is 6.91. The van der Waals surface area contributed by atoms with Crippen molar-refractivity contribution in [2.75, 3.05) is 6.61 Å². The molecular formula is C14H29NO2. The minimum absolute atomic E-state index is 0.204. The van der Waals surface area contributed by atoms with Gasteiger partial charge in [0.05, 0.1) is 18.2 Å². The van der Waals surface area contributed by atoms with Crippen LogP contribution in [0.1, 0.15) is 55.4 Å². The van der Waals surface area contributed by atoms with Crippen molar-refractivity contribution < 1.29 is 9.53 Å². The lowest BCUT2D eigenvalue weighted by atomic mass is 9.86. The maximum absolute atomic E-state index is 12.3. The number of nitrogens with one attached hydrogen (secondary N) is 1. The van der Waals surface area contributed by atoms with Crippen molar-refractivity contribution in [2.24, 2.45) is 5.41 Å². The van der Waals surface area contributed by atoms with Crippen molar-refractivity contribution >= 4 is 5.78 Å². The molecule has 0 aliphatic heterocycles. The highest BCUT2D eigenvalue weighted by Gasteiger charge is 2.31. The van der Waals surface area contributed by atoms with Crippen LogP contribution in [-0.2, 0) is 9.53 Å². The molecule has 0 saturated carbocycles. The quantitative estimate of drug-likeness (QED) is 0.807. The number of hydrogen-bond donors (Lipinski definition) is 1. The van der Waals surface area contributed by atoms with E-state index in [1.54, 1.807) is 0 Å². The molecule has 0 fully saturated rings. The maximum Gasteiger partial charge on any atom is 0.157 e. The van der Waals surface area contributed by atoms with Crippen LogP contribution in [0.15, 0.2) is 0 Å². The number of rotatable bonds is 5. The summed E-state index contributed by atoms with van der Waals surface area (Å²) >= 11 is 0. The highest BCUT2D eigenvalue weighted by molar-refractivity contribution is 5.88. The van der Waals surface area contributed by atoms with Gasteiger partial charge in [0.25, 0.3) is 0 Å². The van der Waals surface area contributed by atoms with E-state index in [0.29, 0.717) is 6.61 Å². The molecule has 0 radical (unpaired) electrons. The summed E-state index contributed by atoms with van der Waals surface area (Å²) in [6, 6.07) is 0.0455. The highest BCUT2D eigenvalue weighted by atomic mass is 16.5. The standard InChI is InChI=1S/C14H29NO2/c1-10(2)15-11(9-17-14(6,7)8)12(16)13(3,4)5/h10-11,15H,9H2,1-8H3/t11-/m0/s1. The molecule has 0 rings (SSSR count). The van der Waals surface area contributed by atoms with Gasteiger partial charge < -0.3 is 10.1 Å². The Morgan fingerprint density at radius 3 is 1.88 bits per heavy atom. The summed E-state index contributed by atoms with van der Waals surface area (Å²) < 4.78 is 5.73. The SMILES string of the molecule is CC(C)N[C@@H](COC(C)(C)C)C(=O)C(C)(C)C. The Kier molecular flexibility index (Phi) is 5.82. The number of Topliss-reactive ketones (excluding diaryl/α,β-unsaturated/α-hetero) is 1. The van der Waals surface area contributed by atoms with E-state index >= 15 is 0 Å². The van der Waals surface area contributed by atoms with Crippen LogP contribution >= 0.6 is 0 Å². The van der Waals surface area contributed by atoms with E-state index in [-0.39, 0.29) is 28.9 Å². The first-order valence-electron chi connectivity index (χ1n) is 6.38. The molecule has 0 bridgehead atoms. The second-order valence-electron chi connectivity index (χ2n) is 6.91. The maximum atomic E-state index is 12.3. The van der Waals surface area contributed by atoms with Gasteiger partial charge in [0.2, 0.25) is 0 Å². The van der Waals surface area contributed by atoms with Gasteiger partial charge in [0, 0.05) is 11.5 Å².